The highest BCUT2D eigenvalue weighted by Crippen LogP contribution is 2.57. The smallest absolute Gasteiger partial charge is 0.264 e. The largest absolute Gasteiger partial charge is 0.394 e. The van der Waals surface area contributed by atoms with Gasteiger partial charge in [-0.2, -0.15) is 0 Å². The number of nitrogens with zero attached hydrogens (tertiary/aromatic N) is 2. The zero-order valence-corrected chi connectivity index (χ0v) is 18.2. The highest BCUT2D eigenvalue weighted by atomic mass is 16.5. The number of amides is 2. The molecule has 0 bridgehead atoms. The number of aliphatic hydroxyl groups excluding tert-OH is 1. The Morgan fingerprint density at radius 2 is 2.03 bits per heavy atom. The van der Waals surface area contributed by atoms with Crippen LogP contribution in [0.3, 0.4) is 0 Å². The molecule has 5 atom stereocenters. The number of likely N-dealkylation sites (N-methyl/N-ethyl adjacent to an activating group) is 1. The Labute approximate surface area is 177 Å². The molecule has 0 aromatic heterocycles. The standard InChI is InChI=1S/C23H32N2O5/c1-14-20(22(2,3)29)18(12-19(27)25-11-7-8-15(25)13-26)30-23(14)16-9-5-6-10-17(16)24(4)21(23)28/h5-6,9-10,14-15,18,20,26,29H,7-8,11-13H2,1-4H3/t14-,15-,18+,20-,23+/m0/s1. The summed E-state index contributed by atoms with van der Waals surface area (Å²) in [5.41, 5.74) is -0.743. The van der Waals surface area contributed by atoms with Gasteiger partial charge >= 0.3 is 0 Å². The van der Waals surface area contributed by atoms with Crippen molar-refractivity contribution in [3.63, 3.8) is 0 Å². The van der Waals surface area contributed by atoms with Crippen LogP contribution in [0.4, 0.5) is 5.69 Å². The molecule has 3 aliphatic rings. The number of fused-ring (bicyclic) bond motifs is 2. The van der Waals surface area contributed by atoms with E-state index >= 15 is 0 Å². The molecule has 7 heteroatoms. The van der Waals surface area contributed by atoms with Crippen molar-refractivity contribution < 1.29 is 24.5 Å². The second-order valence-corrected chi connectivity index (χ2v) is 9.51. The number of hydrogen-bond donors (Lipinski definition) is 2. The first kappa shape index (κ1) is 21.3. The highest BCUT2D eigenvalue weighted by molar-refractivity contribution is 6.07. The normalized spacial score (nSPS) is 33.6. The summed E-state index contributed by atoms with van der Waals surface area (Å²) in [5, 5.41) is 20.6. The molecule has 0 aliphatic carbocycles. The van der Waals surface area contributed by atoms with Gasteiger partial charge in [0, 0.05) is 31.0 Å². The van der Waals surface area contributed by atoms with Crippen LogP contribution in [0.1, 0.15) is 45.6 Å². The van der Waals surface area contributed by atoms with Crippen LogP contribution in [-0.4, -0.2) is 64.9 Å². The molecule has 164 valence electrons. The van der Waals surface area contributed by atoms with E-state index in [4.69, 9.17) is 4.74 Å². The van der Waals surface area contributed by atoms with Crippen molar-refractivity contribution in [2.24, 2.45) is 11.8 Å². The fourth-order valence-corrected chi connectivity index (χ4v) is 5.98. The maximum atomic E-state index is 13.4. The number of anilines is 1. The van der Waals surface area contributed by atoms with E-state index in [0.29, 0.717) is 6.54 Å². The summed E-state index contributed by atoms with van der Waals surface area (Å²) in [6.45, 7) is 5.94. The Kier molecular flexibility index (Phi) is 5.19. The van der Waals surface area contributed by atoms with Gasteiger partial charge in [0.25, 0.3) is 5.91 Å². The van der Waals surface area contributed by atoms with Gasteiger partial charge in [-0.3, -0.25) is 9.59 Å². The third-order valence-electron chi connectivity index (χ3n) is 7.31. The molecule has 1 aromatic carbocycles. The number of benzene rings is 1. The number of ether oxygens (including phenoxy) is 1. The molecule has 4 rings (SSSR count). The minimum atomic E-state index is -1.21. The third-order valence-corrected chi connectivity index (χ3v) is 7.31. The summed E-state index contributed by atoms with van der Waals surface area (Å²) in [6.07, 6.45) is 1.14. The maximum Gasteiger partial charge on any atom is 0.264 e. The molecule has 0 radical (unpaired) electrons. The lowest BCUT2D eigenvalue weighted by molar-refractivity contribution is -0.150. The molecule has 3 heterocycles. The Morgan fingerprint density at radius 1 is 1.33 bits per heavy atom. The Balaban J connectivity index is 1.70. The van der Waals surface area contributed by atoms with E-state index in [2.05, 4.69) is 0 Å². The van der Waals surface area contributed by atoms with Crippen LogP contribution < -0.4 is 4.90 Å². The van der Waals surface area contributed by atoms with Crippen LogP contribution in [-0.2, 0) is 19.9 Å². The van der Waals surface area contributed by atoms with Crippen molar-refractivity contribution in [1.82, 2.24) is 4.90 Å². The molecule has 0 unspecified atom stereocenters. The summed E-state index contributed by atoms with van der Waals surface area (Å²) < 4.78 is 6.51. The van der Waals surface area contributed by atoms with Gasteiger partial charge in [0.05, 0.1) is 36.5 Å². The second-order valence-electron chi connectivity index (χ2n) is 9.51. The van der Waals surface area contributed by atoms with E-state index < -0.39 is 23.2 Å². The lowest BCUT2D eigenvalue weighted by Gasteiger charge is -2.34. The second kappa shape index (κ2) is 7.32. The van der Waals surface area contributed by atoms with Crippen molar-refractivity contribution in [3.8, 4) is 0 Å². The van der Waals surface area contributed by atoms with E-state index in [-0.39, 0.29) is 36.8 Å². The molecule has 1 aromatic rings. The number of aliphatic hydroxyl groups is 2. The van der Waals surface area contributed by atoms with Gasteiger partial charge in [0.15, 0.2) is 5.60 Å². The summed E-state index contributed by atoms with van der Waals surface area (Å²) >= 11 is 0. The number of carbonyl (C=O) groups is 2. The summed E-state index contributed by atoms with van der Waals surface area (Å²) in [7, 11) is 1.74. The summed E-state index contributed by atoms with van der Waals surface area (Å²) in [4.78, 5) is 29.9. The van der Waals surface area contributed by atoms with E-state index in [1.165, 1.54) is 0 Å². The fourth-order valence-electron chi connectivity index (χ4n) is 5.98. The van der Waals surface area contributed by atoms with Gasteiger partial charge in [-0.05, 0) is 32.8 Å². The first-order valence-corrected chi connectivity index (χ1v) is 10.8. The van der Waals surface area contributed by atoms with Crippen LogP contribution in [0.2, 0.25) is 0 Å². The molecule has 2 amide bonds. The van der Waals surface area contributed by atoms with Crippen LogP contribution in [0.15, 0.2) is 24.3 Å². The van der Waals surface area contributed by atoms with Gasteiger partial charge in [0.2, 0.25) is 5.91 Å². The summed E-state index contributed by atoms with van der Waals surface area (Å²) in [5.74, 6) is -0.974. The molecule has 2 saturated heterocycles. The SMILES string of the molecule is C[C@H]1[C@H](C(C)(C)O)[C@@H](CC(=O)N2CCC[C@H]2CO)O[C@]12C(=O)N(C)c1ccccc12. The van der Waals surface area contributed by atoms with Crippen LogP contribution in [0, 0.1) is 11.8 Å². The molecule has 0 saturated carbocycles. The number of carbonyl (C=O) groups excluding carboxylic acids is 2. The first-order valence-electron chi connectivity index (χ1n) is 10.8. The Bertz CT molecular complexity index is 850. The van der Waals surface area contributed by atoms with E-state index in [1.807, 2.05) is 31.2 Å². The predicted molar refractivity (Wildman–Crippen MR) is 112 cm³/mol. The van der Waals surface area contributed by atoms with E-state index in [1.54, 1.807) is 30.7 Å². The molecular formula is C23H32N2O5. The van der Waals surface area contributed by atoms with Gasteiger partial charge in [-0.15, -0.1) is 0 Å². The van der Waals surface area contributed by atoms with E-state index in [0.717, 1.165) is 24.1 Å². The summed E-state index contributed by atoms with van der Waals surface area (Å²) in [6, 6.07) is 7.41. The quantitative estimate of drug-likeness (QED) is 0.779. The lowest BCUT2D eigenvalue weighted by atomic mass is 9.71. The van der Waals surface area contributed by atoms with Crippen LogP contribution in [0.25, 0.3) is 0 Å². The number of rotatable bonds is 4. The first-order chi connectivity index (χ1) is 14.1. The average molecular weight is 417 g/mol. The monoisotopic (exact) mass is 416 g/mol. The molecular weight excluding hydrogens is 384 g/mol. The van der Waals surface area contributed by atoms with Crippen molar-refractivity contribution >= 4 is 17.5 Å². The van der Waals surface area contributed by atoms with Gasteiger partial charge < -0.3 is 24.7 Å². The third kappa shape index (κ3) is 2.98. The van der Waals surface area contributed by atoms with Crippen molar-refractivity contribution in [2.75, 3.05) is 25.1 Å². The highest BCUT2D eigenvalue weighted by Gasteiger charge is 2.65. The van der Waals surface area contributed by atoms with Crippen molar-refractivity contribution in [3.05, 3.63) is 29.8 Å². The molecule has 7 nitrogen and oxygen atoms in total. The number of hydrogen-bond acceptors (Lipinski definition) is 5. The molecule has 2 fully saturated rings. The Hall–Kier alpha value is -1.96. The zero-order valence-electron chi connectivity index (χ0n) is 18.2. The number of para-hydroxylation sites is 1. The van der Waals surface area contributed by atoms with Crippen molar-refractivity contribution in [2.45, 2.75) is 63.4 Å². The lowest BCUT2D eigenvalue weighted by Crippen LogP contribution is -2.46. The minimum Gasteiger partial charge on any atom is -0.394 e. The predicted octanol–water partition coefficient (Wildman–Crippen LogP) is 1.65. The molecule has 1 spiro atoms. The van der Waals surface area contributed by atoms with Gasteiger partial charge in [0.1, 0.15) is 0 Å². The average Bonchev–Trinajstić information content (AvgIpc) is 3.34. The topological polar surface area (TPSA) is 90.3 Å². The molecule has 3 aliphatic heterocycles. The van der Waals surface area contributed by atoms with Crippen LogP contribution >= 0.6 is 0 Å². The van der Waals surface area contributed by atoms with Crippen LogP contribution in [0.5, 0.6) is 0 Å². The maximum absolute atomic E-state index is 13.4. The minimum absolute atomic E-state index is 0.0524. The number of likely N-dealkylation sites (tertiary alicyclic amines) is 1. The molecule has 30 heavy (non-hydrogen) atoms. The molecule has 2 N–H and O–H groups in total. The van der Waals surface area contributed by atoms with E-state index in [9.17, 15) is 19.8 Å². The fraction of sp³-hybridized carbons (Fsp3) is 0.652. The Morgan fingerprint density at radius 3 is 2.70 bits per heavy atom. The van der Waals surface area contributed by atoms with Gasteiger partial charge in [-0.1, -0.05) is 25.1 Å². The zero-order chi connectivity index (χ0) is 21.8. The van der Waals surface area contributed by atoms with Gasteiger partial charge in [-0.25, -0.2) is 0 Å². The van der Waals surface area contributed by atoms with Crippen molar-refractivity contribution in [1.29, 1.82) is 0 Å².